The molecule has 2 bridgehead atoms. The monoisotopic (exact) mass is 383 g/mol. The first kappa shape index (κ1) is 18.1. The van der Waals surface area contributed by atoms with Gasteiger partial charge in [0.05, 0.1) is 6.20 Å². The summed E-state index contributed by atoms with van der Waals surface area (Å²) in [5, 5.41) is 4.43. The Morgan fingerprint density at radius 2 is 1.89 bits per heavy atom. The van der Waals surface area contributed by atoms with Crippen LogP contribution in [0.15, 0.2) is 12.3 Å². The molecule has 2 atom stereocenters. The van der Waals surface area contributed by atoms with Crippen molar-refractivity contribution in [2.45, 2.75) is 51.6 Å². The highest BCUT2D eigenvalue weighted by molar-refractivity contribution is 6.00. The van der Waals surface area contributed by atoms with Gasteiger partial charge in [-0.15, -0.1) is 0 Å². The molecule has 150 valence electrons. The quantitative estimate of drug-likeness (QED) is 0.794. The van der Waals surface area contributed by atoms with E-state index in [0.29, 0.717) is 23.2 Å². The van der Waals surface area contributed by atoms with E-state index in [-0.39, 0.29) is 11.9 Å². The number of piperidine rings is 1. The van der Waals surface area contributed by atoms with Crippen LogP contribution in [-0.4, -0.2) is 75.2 Å². The van der Waals surface area contributed by atoms with Gasteiger partial charge in [0.15, 0.2) is 5.65 Å². The van der Waals surface area contributed by atoms with Crippen LogP contribution in [0.5, 0.6) is 0 Å². The van der Waals surface area contributed by atoms with E-state index in [9.17, 15) is 4.79 Å². The summed E-state index contributed by atoms with van der Waals surface area (Å²) in [5.74, 6) is 0.653. The zero-order valence-electron chi connectivity index (χ0n) is 16.8. The molecule has 0 saturated carbocycles. The van der Waals surface area contributed by atoms with Crippen molar-refractivity contribution < 1.29 is 9.53 Å². The minimum atomic E-state index is 0.0935. The molecule has 0 aromatic carbocycles. The molecule has 7 nitrogen and oxygen atoms in total. The third-order valence-electron chi connectivity index (χ3n) is 6.72. The molecular weight excluding hydrogens is 354 g/mol. The van der Waals surface area contributed by atoms with E-state index >= 15 is 0 Å². The Hall–Kier alpha value is -1.99. The Morgan fingerprint density at radius 3 is 2.71 bits per heavy atom. The average Bonchev–Trinajstić information content (AvgIpc) is 2.91. The minimum Gasteiger partial charge on any atom is -0.381 e. The highest BCUT2D eigenvalue weighted by Gasteiger charge is 2.40. The molecule has 0 N–H and O–H groups in total. The minimum absolute atomic E-state index is 0.0935. The van der Waals surface area contributed by atoms with Crippen LogP contribution in [0.2, 0.25) is 0 Å². The number of ether oxygens (including phenoxy) is 1. The van der Waals surface area contributed by atoms with Gasteiger partial charge in [-0.25, -0.2) is 9.50 Å². The molecule has 4 aliphatic rings. The second kappa shape index (κ2) is 7.12. The van der Waals surface area contributed by atoms with Gasteiger partial charge in [-0.3, -0.25) is 9.69 Å². The number of aromatic nitrogens is 3. The second-order valence-corrected chi connectivity index (χ2v) is 8.68. The number of aryl methyl sites for hydroxylation is 2. The van der Waals surface area contributed by atoms with E-state index < -0.39 is 0 Å². The summed E-state index contributed by atoms with van der Waals surface area (Å²) >= 11 is 0. The van der Waals surface area contributed by atoms with E-state index in [1.54, 1.807) is 10.7 Å². The van der Waals surface area contributed by atoms with Gasteiger partial charge >= 0.3 is 0 Å². The number of carbonyl (C=O) groups excluding carboxylic acids is 1. The molecule has 4 aliphatic heterocycles. The summed E-state index contributed by atoms with van der Waals surface area (Å²) in [6.45, 7) is 8.65. The Balaban J connectivity index is 1.42. The van der Waals surface area contributed by atoms with Gasteiger partial charge in [-0.05, 0) is 51.5 Å². The molecule has 0 unspecified atom stereocenters. The Bertz CT molecular complexity index is 888. The van der Waals surface area contributed by atoms with Crippen molar-refractivity contribution in [2.75, 3.05) is 32.8 Å². The van der Waals surface area contributed by atoms with Crippen LogP contribution in [-0.2, 0) is 4.74 Å². The molecule has 2 aromatic rings. The molecule has 0 spiro atoms. The van der Waals surface area contributed by atoms with Gasteiger partial charge in [0.1, 0.15) is 5.56 Å². The Labute approximate surface area is 165 Å². The number of fused-ring (bicyclic) bond motifs is 5. The lowest BCUT2D eigenvalue weighted by molar-refractivity contribution is 0.0304. The van der Waals surface area contributed by atoms with Gasteiger partial charge in [0, 0.05) is 56.3 Å². The molecule has 1 amide bonds. The van der Waals surface area contributed by atoms with Crippen LogP contribution < -0.4 is 0 Å². The van der Waals surface area contributed by atoms with Crippen LogP contribution in [0.25, 0.3) is 5.65 Å². The number of rotatable bonds is 2. The highest BCUT2D eigenvalue weighted by Crippen LogP contribution is 2.32. The summed E-state index contributed by atoms with van der Waals surface area (Å²) in [4.78, 5) is 22.9. The first-order valence-corrected chi connectivity index (χ1v) is 10.5. The molecule has 6 heterocycles. The van der Waals surface area contributed by atoms with Gasteiger partial charge in [-0.2, -0.15) is 5.10 Å². The van der Waals surface area contributed by atoms with Crippen molar-refractivity contribution >= 4 is 11.6 Å². The van der Waals surface area contributed by atoms with Crippen molar-refractivity contribution in [3.63, 3.8) is 0 Å². The number of hydrogen-bond acceptors (Lipinski definition) is 5. The molecule has 2 aromatic heterocycles. The summed E-state index contributed by atoms with van der Waals surface area (Å²) in [5.41, 5.74) is 3.24. The topological polar surface area (TPSA) is 63.0 Å². The maximum absolute atomic E-state index is 13.5. The fourth-order valence-electron chi connectivity index (χ4n) is 5.29. The van der Waals surface area contributed by atoms with E-state index in [2.05, 4.69) is 19.9 Å². The lowest BCUT2D eigenvalue weighted by Crippen LogP contribution is -2.48. The smallest absolute Gasteiger partial charge is 0.259 e. The van der Waals surface area contributed by atoms with Gasteiger partial charge in [0.25, 0.3) is 5.91 Å². The zero-order chi connectivity index (χ0) is 19.3. The molecule has 0 radical (unpaired) electrons. The first-order chi connectivity index (χ1) is 13.6. The normalized spacial score (nSPS) is 26.7. The van der Waals surface area contributed by atoms with Crippen LogP contribution >= 0.6 is 0 Å². The van der Waals surface area contributed by atoms with Gasteiger partial charge in [-0.1, -0.05) is 0 Å². The van der Waals surface area contributed by atoms with E-state index in [1.807, 2.05) is 19.9 Å². The van der Waals surface area contributed by atoms with Crippen molar-refractivity contribution in [3.8, 4) is 0 Å². The third kappa shape index (κ3) is 3.10. The largest absolute Gasteiger partial charge is 0.381 e. The Kier molecular flexibility index (Phi) is 4.59. The molecule has 4 fully saturated rings. The van der Waals surface area contributed by atoms with E-state index in [1.165, 1.54) is 6.42 Å². The van der Waals surface area contributed by atoms with Gasteiger partial charge in [0.2, 0.25) is 0 Å². The second-order valence-electron chi connectivity index (χ2n) is 8.68. The van der Waals surface area contributed by atoms with Crippen molar-refractivity contribution in [1.82, 2.24) is 24.4 Å². The lowest BCUT2D eigenvalue weighted by atomic mass is 9.94. The van der Waals surface area contributed by atoms with E-state index in [4.69, 9.17) is 4.74 Å². The summed E-state index contributed by atoms with van der Waals surface area (Å²) in [7, 11) is 0. The number of nitrogens with zero attached hydrogens (tertiary/aromatic N) is 5. The number of hydrogen-bond donors (Lipinski definition) is 0. The molecule has 28 heavy (non-hydrogen) atoms. The predicted molar refractivity (Wildman–Crippen MR) is 105 cm³/mol. The molecular formula is C21H29N5O2. The fraction of sp³-hybridized carbons (Fsp3) is 0.667. The summed E-state index contributed by atoms with van der Waals surface area (Å²) < 4.78 is 7.33. The third-order valence-corrected chi connectivity index (χ3v) is 6.72. The molecule has 4 saturated heterocycles. The average molecular weight is 383 g/mol. The molecule has 6 rings (SSSR count). The standard InChI is InChI=1S/C21H29N5O2/c1-14-9-15(2)26-20(23-14)19(10-22-26)21(27)25-12-16-3-4-18(25)13-24(11-16)17-5-7-28-8-6-17/h9-10,16-18H,3-8,11-13H2,1-2H3/t16-,18+/m0/s1. The van der Waals surface area contributed by atoms with Crippen LogP contribution in [0.3, 0.4) is 0 Å². The molecule has 7 heteroatoms. The van der Waals surface area contributed by atoms with Gasteiger partial charge < -0.3 is 9.64 Å². The predicted octanol–water partition coefficient (Wildman–Crippen LogP) is 2.06. The lowest BCUT2D eigenvalue weighted by Gasteiger charge is -2.37. The van der Waals surface area contributed by atoms with Crippen molar-refractivity contribution in [1.29, 1.82) is 0 Å². The highest BCUT2D eigenvalue weighted by atomic mass is 16.5. The van der Waals surface area contributed by atoms with Crippen LogP contribution in [0.1, 0.15) is 47.4 Å². The van der Waals surface area contributed by atoms with Crippen LogP contribution in [0.4, 0.5) is 0 Å². The van der Waals surface area contributed by atoms with Crippen molar-refractivity contribution in [2.24, 2.45) is 5.92 Å². The zero-order valence-corrected chi connectivity index (χ0v) is 16.8. The SMILES string of the molecule is Cc1cc(C)n2ncc(C(=O)N3C[C@H]4CC[C@@H]3CN(C3CCOCC3)C4)c2n1. The van der Waals surface area contributed by atoms with E-state index in [0.717, 1.165) is 63.5 Å². The van der Waals surface area contributed by atoms with Crippen LogP contribution in [0, 0.1) is 19.8 Å². The maximum atomic E-state index is 13.5. The first-order valence-electron chi connectivity index (χ1n) is 10.5. The maximum Gasteiger partial charge on any atom is 0.259 e. The fourth-order valence-corrected chi connectivity index (χ4v) is 5.29. The molecule has 0 aliphatic carbocycles. The van der Waals surface area contributed by atoms with Crippen molar-refractivity contribution in [3.05, 3.63) is 29.2 Å². The Morgan fingerprint density at radius 1 is 1.07 bits per heavy atom. The summed E-state index contributed by atoms with van der Waals surface area (Å²) in [6, 6.07) is 2.89. The number of carbonyl (C=O) groups is 1. The number of amides is 1. The summed E-state index contributed by atoms with van der Waals surface area (Å²) in [6.07, 6.45) is 6.25.